The van der Waals surface area contributed by atoms with Gasteiger partial charge < -0.3 is 5.11 Å². The summed E-state index contributed by atoms with van der Waals surface area (Å²) in [7, 11) is 0. The molecule has 0 unspecified atom stereocenters. The average molecular weight is 336 g/mol. The molecule has 0 radical (unpaired) electrons. The van der Waals surface area contributed by atoms with Crippen LogP contribution in [0.3, 0.4) is 0 Å². The minimum Gasteiger partial charge on any atom is -0.481 e. The number of nitrogens with zero attached hydrogens (tertiary/aromatic N) is 2. The highest BCUT2D eigenvalue weighted by Crippen LogP contribution is 2.52. The van der Waals surface area contributed by atoms with E-state index < -0.39 is 5.97 Å². The molecule has 2 aromatic rings. The molecule has 0 atom stereocenters. The van der Waals surface area contributed by atoms with Crippen molar-refractivity contribution in [2.45, 2.75) is 32.2 Å². The molecule has 1 saturated heterocycles. The smallest absolute Gasteiger partial charge is 0.306 e. The summed E-state index contributed by atoms with van der Waals surface area (Å²) in [5.74, 6) is -0.699. The molecule has 1 aliphatic heterocycles. The monoisotopic (exact) mass is 336 g/mol. The van der Waals surface area contributed by atoms with Crippen LogP contribution in [0.25, 0.3) is 11.1 Å². The Morgan fingerprint density at radius 1 is 1.04 bits per heavy atom. The molecule has 2 heterocycles. The van der Waals surface area contributed by atoms with E-state index in [1.165, 1.54) is 16.7 Å². The molecule has 0 amide bonds. The summed E-state index contributed by atoms with van der Waals surface area (Å²) in [6.45, 7) is 3.14. The molecule has 1 aromatic heterocycles. The minimum atomic E-state index is -0.609. The Kier molecular flexibility index (Phi) is 4.30. The van der Waals surface area contributed by atoms with Crippen molar-refractivity contribution in [3.63, 3.8) is 0 Å². The summed E-state index contributed by atoms with van der Waals surface area (Å²) >= 11 is 0. The molecule has 25 heavy (non-hydrogen) atoms. The zero-order valence-electron chi connectivity index (χ0n) is 14.4. The zero-order chi connectivity index (χ0) is 17.3. The summed E-state index contributed by atoms with van der Waals surface area (Å²) < 4.78 is 0. The number of aliphatic carboxylic acids is 1. The number of aromatic nitrogens is 1. The third-order valence-corrected chi connectivity index (χ3v) is 6.00. The Labute approximate surface area is 148 Å². The fourth-order valence-corrected chi connectivity index (χ4v) is 4.36. The van der Waals surface area contributed by atoms with Gasteiger partial charge in [0, 0.05) is 18.9 Å². The van der Waals surface area contributed by atoms with Crippen molar-refractivity contribution in [3.8, 4) is 11.1 Å². The normalized spacial score (nSPS) is 20.3. The molecule has 0 bridgehead atoms. The van der Waals surface area contributed by atoms with E-state index in [0.29, 0.717) is 5.41 Å². The minimum absolute atomic E-state index is 0.0905. The summed E-state index contributed by atoms with van der Waals surface area (Å²) in [4.78, 5) is 17.6. The van der Waals surface area contributed by atoms with E-state index >= 15 is 0 Å². The van der Waals surface area contributed by atoms with Gasteiger partial charge in [0.05, 0.1) is 5.92 Å². The lowest BCUT2D eigenvalue weighted by Gasteiger charge is -2.51. The zero-order valence-corrected chi connectivity index (χ0v) is 14.4. The first-order chi connectivity index (χ1) is 12.1. The number of benzene rings is 1. The van der Waals surface area contributed by atoms with Gasteiger partial charge in [0.1, 0.15) is 0 Å². The van der Waals surface area contributed by atoms with Gasteiger partial charge in [-0.15, -0.1) is 0 Å². The molecule has 130 valence electrons. The lowest BCUT2D eigenvalue weighted by atomic mass is 9.57. The predicted molar refractivity (Wildman–Crippen MR) is 97.0 cm³/mol. The Morgan fingerprint density at radius 3 is 2.24 bits per heavy atom. The second-order valence-corrected chi connectivity index (χ2v) is 7.65. The van der Waals surface area contributed by atoms with Crippen LogP contribution >= 0.6 is 0 Å². The molecular weight excluding hydrogens is 312 g/mol. The quantitative estimate of drug-likeness (QED) is 0.922. The number of likely N-dealkylation sites (tertiary alicyclic amines) is 1. The standard InChI is InChI=1S/C21H24N2O2/c24-20(25)19-13-21(14-19)7-11-23(12-8-21)15-16-1-3-17(4-2-16)18-5-9-22-10-6-18/h1-6,9-10,19H,7-8,11-15H2,(H,24,25). The first-order valence-electron chi connectivity index (χ1n) is 9.08. The first kappa shape index (κ1) is 16.3. The number of carboxylic acids is 1. The molecule has 1 aromatic carbocycles. The van der Waals surface area contributed by atoms with E-state index in [1.54, 1.807) is 0 Å². The lowest BCUT2D eigenvalue weighted by molar-refractivity contribution is -0.152. The van der Waals surface area contributed by atoms with E-state index in [4.69, 9.17) is 5.11 Å². The Hall–Kier alpha value is -2.20. The largest absolute Gasteiger partial charge is 0.481 e. The molecule has 2 fully saturated rings. The number of carboxylic acid groups (broad SMARTS) is 1. The van der Waals surface area contributed by atoms with Crippen molar-refractivity contribution >= 4 is 5.97 Å². The van der Waals surface area contributed by atoms with Crippen LogP contribution in [0.4, 0.5) is 0 Å². The second-order valence-electron chi connectivity index (χ2n) is 7.65. The summed E-state index contributed by atoms with van der Waals surface area (Å²) in [6.07, 6.45) is 7.70. The van der Waals surface area contributed by atoms with Gasteiger partial charge in [-0.2, -0.15) is 0 Å². The third kappa shape index (κ3) is 3.45. The molecule has 1 spiro atoms. The number of rotatable bonds is 4. The molecule has 4 nitrogen and oxygen atoms in total. The highest BCUT2D eigenvalue weighted by Gasteiger charge is 2.48. The van der Waals surface area contributed by atoms with Crippen LogP contribution in [0.15, 0.2) is 48.8 Å². The van der Waals surface area contributed by atoms with Gasteiger partial charge >= 0.3 is 5.97 Å². The van der Waals surface area contributed by atoms with Crippen LogP contribution in [0.5, 0.6) is 0 Å². The summed E-state index contributed by atoms with van der Waals surface area (Å²) in [5.41, 5.74) is 4.08. The van der Waals surface area contributed by atoms with Crippen LogP contribution in [0, 0.1) is 11.3 Å². The molecule has 2 aliphatic rings. The van der Waals surface area contributed by atoms with Crippen LogP contribution < -0.4 is 0 Å². The highest BCUT2D eigenvalue weighted by atomic mass is 16.4. The van der Waals surface area contributed by atoms with E-state index in [1.807, 2.05) is 24.5 Å². The fourth-order valence-electron chi connectivity index (χ4n) is 4.36. The Balaban J connectivity index is 1.31. The molecule has 4 heteroatoms. The maximum Gasteiger partial charge on any atom is 0.306 e. The number of piperidine rings is 1. The second kappa shape index (κ2) is 6.60. The molecule has 4 rings (SSSR count). The van der Waals surface area contributed by atoms with Crippen molar-refractivity contribution in [3.05, 3.63) is 54.4 Å². The van der Waals surface area contributed by atoms with Gasteiger partial charge in [0.15, 0.2) is 0 Å². The predicted octanol–water partition coefficient (Wildman–Crippen LogP) is 3.83. The maximum absolute atomic E-state index is 11.0. The van der Waals surface area contributed by atoms with Gasteiger partial charge in [-0.3, -0.25) is 14.7 Å². The number of carbonyl (C=O) groups is 1. The first-order valence-corrected chi connectivity index (χ1v) is 9.08. The van der Waals surface area contributed by atoms with Crippen molar-refractivity contribution in [2.24, 2.45) is 11.3 Å². The van der Waals surface area contributed by atoms with Crippen LogP contribution in [0.2, 0.25) is 0 Å². The van der Waals surface area contributed by atoms with E-state index in [0.717, 1.165) is 45.3 Å². The van der Waals surface area contributed by atoms with Crippen molar-refractivity contribution < 1.29 is 9.90 Å². The Morgan fingerprint density at radius 2 is 1.64 bits per heavy atom. The molecule has 1 aliphatic carbocycles. The maximum atomic E-state index is 11.0. The van der Waals surface area contributed by atoms with Crippen LogP contribution in [-0.2, 0) is 11.3 Å². The topological polar surface area (TPSA) is 53.4 Å². The van der Waals surface area contributed by atoms with Crippen LogP contribution in [0.1, 0.15) is 31.2 Å². The van der Waals surface area contributed by atoms with Gasteiger partial charge in [-0.25, -0.2) is 0 Å². The van der Waals surface area contributed by atoms with E-state index in [2.05, 4.69) is 34.1 Å². The number of hydrogen-bond donors (Lipinski definition) is 1. The SMILES string of the molecule is O=C(O)C1CC2(CCN(Cc3ccc(-c4ccncc4)cc3)CC2)C1. The van der Waals surface area contributed by atoms with Gasteiger partial charge in [0.2, 0.25) is 0 Å². The highest BCUT2D eigenvalue weighted by molar-refractivity contribution is 5.71. The number of pyridine rings is 1. The molecular formula is C21H24N2O2. The van der Waals surface area contributed by atoms with Crippen molar-refractivity contribution in [2.75, 3.05) is 13.1 Å². The van der Waals surface area contributed by atoms with E-state index in [-0.39, 0.29) is 5.92 Å². The Bertz CT molecular complexity index is 726. The third-order valence-electron chi connectivity index (χ3n) is 6.00. The van der Waals surface area contributed by atoms with Gasteiger partial charge in [-0.1, -0.05) is 24.3 Å². The molecule has 1 N–H and O–H groups in total. The summed E-state index contributed by atoms with van der Waals surface area (Å²) in [5, 5.41) is 9.08. The molecule has 1 saturated carbocycles. The van der Waals surface area contributed by atoms with Crippen molar-refractivity contribution in [1.29, 1.82) is 0 Å². The van der Waals surface area contributed by atoms with Crippen LogP contribution in [-0.4, -0.2) is 34.0 Å². The summed E-state index contributed by atoms with van der Waals surface area (Å²) in [6, 6.07) is 12.8. The average Bonchev–Trinajstić information content (AvgIpc) is 2.62. The van der Waals surface area contributed by atoms with E-state index in [9.17, 15) is 4.79 Å². The number of hydrogen-bond acceptors (Lipinski definition) is 3. The van der Waals surface area contributed by atoms with Gasteiger partial charge in [-0.05, 0) is 73.0 Å². The lowest BCUT2D eigenvalue weighted by Crippen LogP contribution is -2.48. The van der Waals surface area contributed by atoms with Crippen molar-refractivity contribution in [1.82, 2.24) is 9.88 Å². The fraction of sp³-hybridized carbons (Fsp3) is 0.429. The van der Waals surface area contributed by atoms with Gasteiger partial charge in [0.25, 0.3) is 0 Å².